The molecule has 0 spiro atoms. The van der Waals surface area contributed by atoms with Crippen molar-refractivity contribution in [2.24, 2.45) is 5.14 Å². The minimum atomic E-state index is -3.96. The number of anilines is 1. The summed E-state index contributed by atoms with van der Waals surface area (Å²) in [7, 11) is -2.67. The minimum absolute atomic E-state index is 0.178. The summed E-state index contributed by atoms with van der Waals surface area (Å²) >= 11 is 0. The molecule has 1 saturated heterocycles. The quantitative estimate of drug-likeness (QED) is 0.840. The van der Waals surface area contributed by atoms with Crippen LogP contribution in [0.5, 0.6) is 0 Å². The molecule has 1 aliphatic rings. The van der Waals surface area contributed by atoms with Gasteiger partial charge in [0.2, 0.25) is 10.0 Å². The lowest BCUT2D eigenvalue weighted by Crippen LogP contribution is -2.45. The fraction of sp³-hybridized carbons (Fsp3) is 0.462. The van der Waals surface area contributed by atoms with Gasteiger partial charge in [-0.2, -0.15) is 0 Å². The molecule has 0 bridgehead atoms. The first-order valence-electron chi connectivity index (χ1n) is 6.51. The van der Waals surface area contributed by atoms with E-state index in [9.17, 15) is 17.6 Å². The van der Waals surface area contributed by atoms with Crippen molar-refractivity contribution < 1.29 is 22.3 Å². The molecule has 1 unspecified atom stereocenters. The molecule has 1 aliphatic heterocycles. The van der Waals surface area contributed by atoms with Gasteiger partial charge in [0.15, 0.2) is 0 Å². The van der Waals surface area contributed by atoms with E-state index in [1.165, 1.54) is 19.2 Å². The number of primary sulfonamides is 1. The monoisotopic (exact) mass is 316 g/mol. The molecule has 0 aromatic heterocycles. The molecule has 116 valence electrons. The van der Waals surface area contributed by atoms with Crippen LogP contribution in [0.15, 0.2) is 23.1 Å². The second-order valence-corrected chi connectivity index (χ2v) is 6.45. The standard InChI is InChI=1S/C13H17FN2O4S/c1-20-13(17)12-4-2-3-7-16(12)11-6-5-9(8-10(11)14)21(15,18)19/h5-6,8,12H,2-4,7H2,1H3,(H2,15,18,19). The van der Waals surface area contributed by atoms with Gasteiger partial charge in [0, 0.05) is 6.54 Å². The van der Waals surface area contributed by atoms with E-state index < -0.39 is 27.9 Å². The largest absolute Gasteiger partial charge is 0.467 e. The number of hydrogen-bond donors (Lipinski definition) is 1. The average molecular weight is 316 g/mol. The van der Waals surface area contributed by atoms with Crippen LogP contribution in [0.3, 0.4) is 0 Å². The first kappa shape index (κ1) is 15.7. The first-order chi connectivity index (χ1) is 9.84. The number of rotatable bonds is 3. The lowest BCUT2D eigenvalue weighted by atomic mass is 10.0. The SMILES string of the molecule is COC(=O)C1CCCCN1c1ccc(S(N)(=O)=O)cc1F. The molecule has 6 nitrogen and oxygen atoms in total. The van der Waals surface area contributed by atoms with Gasteiger partial charge in [0.25, 0.3) is 0 Å². The minimum Gasteiger partial charge on any atom is -0.467 e. The molecule has 0 radical (unpaired) electrons. The molecule has 21 heavy (non-hydrogen) atoms. The van der Waals surface area contributed by atoms with E-state index in [-0.39, 0.29) is 10.6 Å². The summed E-state index contributed by atoms with van der Waals surface area (Å²) in [5, 5.41) is 4.97. The number of esters is 1. The molecule has 8 heteroatoms. The Labute approximate surface area is 122 Å². The zero-order valence-corrected chi connectivity index (χ0v) is 12.4. The summed E-state index contributed by atoms with van der Waals surface area (Å²) in [6.45, 7) is 0.505. The number of hydrogen-bond acceptors (Lipinski definition) is 5. The third kappa shape index (κ3) is 3.33. The van der Waals surface area contributed by atoms with E-state index in [2.05, 4.69) is 0 Å². The van der Waals surface area contributed by atoms with Crippen molar-refractivity contribution in [3.05, 3.63) is 24.0 Å². The molecule has 1 heterocycles. The number of carbonyl (C=O) groups excluding carboxylic acids is 1. The maximum Gasteiger partial charge on any atom is 0.328 e. The molecule has 1 atom stereocenters. The van der Waals surface area contributed by atoms with Crippen molar-refractivity contribution in [2.75, 3.05) is 18.6 Å². The Morgan fingerprint density at radius 3 is 2.71 bits per heavy atom. The number of halogens is 1. The molecule has 0 saturated carbocycles. The van der Waals surface area contributed by atoms with Gasteiger partial charge in [-0.25, -0.2) is 22.7 Å². The van der Waals surface area contributed by atoms with Crippen molar-refractivity contribution in [3.8, 4) is 0 Å². The Kier molecular flexibility index (Phi) is 4.48. The number of ether oxygens (including phenoxy) is 1. The second-order valence-electron chi connectivity index (χ2n) is 4.89. The summed E-state index contributed by atoms with van der Waals surface area (Å²) < 4.78 is 41.4. The maximum absolute atomic E-state index is 14.2. The number of nitrogens with zero attached hydrogens (tertiary/aromatic N) is 1. The Hall–Kier alpha value is -1.67. The number of sulfonamides is 1. The molecule has 1 aromatic carbocycles. The van der Waals surface area contributed by atoms with Crippen LogP contribution in [0.1, 0.15) is 19.3 Å². The summed E-state index contributed by atoms with van der Waals surface area (Å²) in [4.78, 5) is 13.1. The fourth-order valence-corrected chi connectivity index (χ4v) is 3.02. The van der Waals surface area contributed by atoms with Crippen LogP contribution in [-0.4, -0.2) is 34.1 Å². The highest BCUT2D eigenvalue weighted by atomic mass is 32.2. The highest BCUT2D eigenvalue weighted by molar-refractivity contribution is 7.89. The van der Waals surface area contributed by atoms with E-state index in [1.54, 1.807) is 4.90 Å². The number of carbonyl (C=O) groups is 1. The second kappa shape index (κ2) is 5.98. The van der Waals surface area contributed by atoms with Crippen molar-refractivity contribution in [2.45, 2.75) is 30.2 Å². The van der Waals surface area contributed by atoms with Gasteiger partial charge in [0.1, 0.15) is 11.9 Å². The smallest absolute Gasteiger partial charge is 0.328 e. The Morgan fingerprint density at radius 2 is 2.14 bits per heavy atom. The Balaban J connectivity index is 2.38. The van der Waals surface area contributed by atoms with Crippen molar-refractivity contribution in [3.63, 3.8) is 0 Å². The lowest BCUT2D eigenvalue weighted by Gasteiger charge is -2.35. The highest BCUT2D eigenvalue weighted by Gasteiger charge is 2.31. The van der Waals surface area contributed by atoms with Crippen LogP contribution in [0.4, 0.5) is 10.1 Å². The summed E-state index contributed by atoms with van der Waals surface area (Å²) in [5.41, 5.74) is 0.178. The molecule has 1 fully saturated rings. The number of methoxy groups -OCH3 is 1. The van der Waals surface area contributed by atoms with E-state index in [0.29, 0.717) is 13.0 Å². The fourth-order valence-electron chi connectivity index (χ4n) is 2.50. The molecular weight excluding hydrogens is 299 g/mol. The van der Waals surface area contributed by atoms with Crippen molar-refractivity contribution in [1.82, 2.24) is 0 Å². The molecule has 0 aliphatic carbocycles. The predicted octanol–water partition coefficient (Wildman–Crippen LogP) is 1.01. The molecule has 2 rings (SSSR count). The summed E-state index contributed by atoms with van der Waals surface area (Å²) in [6.07, 6.45) is 2.25. The summed E-state index contributed by atoms with van der Waals surface area (Å²) in [5.74, 6) is -1.15. The average Bonchev–Trinajstić information content (AvgIpc) is 2.45. The third-order valence-electron chi connectivity index (χ3n) is 3.53. The van der Waals surface area contributed by atoms with Crippen LogP contribution < -0.4 is 10.0 Å². The maximum atomic E-state index is 14.2. The topological polar surface area (TPSA) is 89.7 Å². The first-order valence-corrected chi connectivity index (χ1v) is 8.06. The van der Waals surface area contributed by atoms with Gasteiger partial charge < -0.3 is 9.64 Å². The van der Waals surface area contributed by atoms with E-state index >= 15 is 0 Å². The third-order valence-corrected chi connectivity index (χ3v) is 4.44. The van der Waals surface area contributed by atoms with Crippen LogP contribution >= 0.6 is 0 Å². The van der Waals surface area contributed by atoms with Crippen LogP contribution in [0, 0.1) is 5.82 Å². The van der Waals surface area contributed by atoms with E-state index in [4.69, 9.17) is 9.88 Å². The molecule has 1 aromatic rings. The van der Waals surface area contributed by atoms with Crippen LogP contribution in [0.25, 0.3) is 0 Å². The van der Waals surface area contributed by atoms with Gasteiger partial charge in [-0.05, 0) is 37.5 Å². The molecular formula is C13H17FN2O4S. The van der Waals surface area contributed by atoms with Gasteiger partial charge in [0.05, 0.1) is 17.7 Å². The van der Waals surface area contributed by atoms with Crippen molar-refractivity contribution >= 4 is 21.7 Å². The predicted molar refractivity (Wildman–Crippen MR) is 74.8 cm³/mol. The highest BCUT2D eigenvalue weighted by Crippen LogP contribution is 2.29. The zero-order valence-electron chi connectivity index (χ0n) is 11.6. The Bertz CT molecular complexity index is 648. The normalized spacial score (nSPS) is 19.4. The Morgan fingerprint density at radius 1 is 1.43 bits per heavy atom. The van der Waals surface area contributed by atoms with Gasteiger partial charge in [-0.3, -0.25) is 0 Å². The summed E-state index contributed by atoms with van der Waals surface area (Å²) in [6, 6.07) is 2.87. The lowest BCUT2D eigenvalue weighted by molar-refractivity contribution is -0.142. The number of nitrogens with two attached hydrogens (primary N) is 1. The van der Waals surface area contributed by atoms with Gasteiger partial charge in [-0.1, -0.05) is 0 Å². The zero-order chi connectivity index (χ0) is 15.6. The molecule has 2 N–H and O–H groups in total. The van der Waals surface area contributed by atoms with Crippen LogP contribution in [0.2, 0.25) is 0 Å². The van der Waals surface area contributed by atoms with Crippen molar-refractivity contribution in [1.29, 1.82) is 0 Å². The van der Waals surface area contributed by atoms with E-state index in [0.717, 1.165) is 18.9 Å². The number of piperidine rings is 1. The van der Waals surface area contributed by atoms with Gasteiger partial charge >= 0.3 is 5.97 Å². The van der Waals surface area contributed by atoms with Gasteiger partial charge in [-0.15, -0.1) is 0 Å². The van der Waals surface area contributed by atoms with E-state index in [1.807, 2.05) is 0 Å². The van der Waals surface area contributed by atoms with Crippen LogP contribution in [-0.2, 0) is 19.6 Å². The number of benzene rings is 1. The molecule has 0 amide bonds.